The molecule has 23 heavy (non-hydrogen) atoms. The van der Waals surface area contributed by atoms with Crippen molar-refractivity contribution in [3.63, 3.8) is 0 Å². The Hall–Kier alpha value is -3.10. The monoisotopic (exact) mass is 317 g/mol. The Morgan fingerprint density at radius 3 is 2.78 bits per heavy atom. The SMILES string of the molecule is CCCn1nnnc1COC(=O)/C=C/c1ccc([N+](=O)[O-])cc1. The summed E-state index contributed by atoms with van der Waals surface area (Å²) in [5.74, 6) is -0.0710. The smallest absolute Gasteiger partial charge is 0.331 e. The minimum Gasteiger partial charge on any atom is -0.454 e. The molecule has 1 aromatic carbocycles. The molecule has 9 heteroatoms. The first-order valence-electron chi connectivity index (χ1n) is 6.94. The second-order valence-electron chi connectivity index (χ2n) is 4.61. The van der Waals surface area contributed by atoms with Gasteiger partial charge in [-0.1, -0.05) is 6.92 Å². The molecule has 0 saturated carbocycles. The molecule has 9 nitrogen and oxygen atoms in total. The predicted octanol–water partition coefficient (Wildman–Crippen LogP) is 1.75. The molecule has 0 amide bonds. The van der Waals surface area contributed by atoms with E-state index in [-0.39, 0.29) is 12.3 Å². The van der Waals surface area contributed by atoms with Gasteiger partial charge in [0.25, 0.3) is 5.69 Å². The lowest BCUT2D eigenvalue weighted by molar-refractivity contribution is -0.384. The molecule has 0 fully saturated rings. The van der Waals surface area contributed by atoms with Crippen LogP contribution in [0, 0.1) is 10.1 Å². The van der Waals surface area contributed by atoms with Crippen LogP contribution in [0.3, 0.4) is 0 Å². The van der Waals surface area contributed by atoms with Crippen molar-refractivity contribution in [1.29, 1.82) is 0 Å². The third-order valence-electron chi connectivity index (χ3n) is 2.90. The van der Waals surface area contributed by atoms with Gasteiger partial charge in [-0.05, 0) is 40.6 Å². The number of hydrogen-bond donors (Lipinski definition) is 0. The van der Waals surface area contributed by atoms with Gasteiger partial charge in [0.1, 0.15) is 0 Å². The number of nitro benzene ring substituents is 1. The molecule has 0 atom stereocenters. The summed E-state index contributed by atoms with van der Waals surface area (Å²) in [6, 6.07) is 5.82. The number of hydrogen-bond acceptors (Lipinski definition) is 7. The van der Waals surface area contributed by atoms with Gasteiger partial charge < -0.3 is 4.74 Å². The van der Waals surface area contributed by atoms with Crippen molar-refractivity contribution in [2.24, 2.45) is 0 Å². The third-order valence-corrected chi connectivity index (χ3v) is 2.90. The maximum atomic E-state index is 11.7. The minimum atomic E-state index is -0.547. The van der Waals surface area contributed by atoms with E-state index in [1.807, 2.05) is 6.92 Å². The highest BCUT2D eigenvalue weighted by Gasteiger charge is 2.07. The van der Waals surface area contributed by atoms with Crippen molar-refractivity contribution in [3.8, 4) is 0 Å². The van der Waals surface area contributed by atoms with Gasteiger partial charge in [-0.25, -0.2) is 9.48 Å². The van der Waals surface area contributed by atoms with Crippen LogP contribution in [0.2, 0.25) is 0 Å². The summed E-state index contributed by atoms with van der Waals surface area (Å²) in [6.45, 7) is 2.62. The second-order valence-corrected chi connectivity index (χ2v) is 4.61. The molecule has 0 aliphatic rings. The van der Waals surface area contributed by atoms with Crippen molar-refractivity contribution in [1.82, 2.24) is 20.2 Å². The van der Waals surface area contributed by atoms with Gasteiger partial charge in [-0.2, -0.15) is 0 Å². The Labute approximate surface area is 131 Å². The Morgan fingerprint density at radius 2 is 2.13 bits per heavy atom. The number of esters is 1. The maximum Gasteiger partial charge on any atom is 0.331 e. The molecule has 0 spiro atoms. The average molecular weight is 317 g/mol. The molecular formula is C14H15N5O4. The van der Waals surface area contributed by atoms with Crippen LogP contribution in [0.4, 0.5) is 5.69 Å². The zero-order valence-corrected chi connectivity index (χ0v) is 12.5. The predicted molar refractivity (Wildman–Crippen MR) is 80.0 cm³/mol. The maximum absolute atomic E-state index is 11.7. The lowest BCUT2D eigenvalue weighted by Crippen LogP contribution is -2.09. The van der Waals surface area contributed by atoms with Crippen molar-refractivity contribution >= 4 is 17.7 Å². The van der Waals surface area contributed by atoms with Gasteiger partial charge in [0.05, 0.1) is 4.92 Å². The molecular weight excluding hydrogens is 302 g/mol. The molecule has 120 valence electrons. The molecule has 0 N–H and O–H groups in total. The van der Waals surface area contributed by atoms with E-state index in [0.717, 1.165) is 6.42 Å². The first-order chi connectivity index (χ1) is 11.1. The summed E-state index contributed by atoms with van der Waals surface area (Å²) >= 11 is 0. The van der Waals surface area contributed by atoms with Crippen LogP contribution in [-0.2, 0) is 22.7 Å². The molecule has 0 unspecified atom stereocenters. The van der Waals surface area contributed by atoms with Crippen LogP contribution in [-0.4, -0.2) is 31.1 Å². The van der Waals surface area contributed by atoms with Crippen LogP contribution >= 0.6 is 0 Å². The number of aromatic nitrogens is 4. The summed E-state index contributed by atoms with van der Waals surface area (Å²) in [4.78, 5) is 21.7. The zero-order chi connectivity index (χ0) is 16.7. The number of carbonyl (C=O) groups excluding carboxylic acids is 1. The molecule has 0 aliphatic carbocycles. The van der Waals surface area contributed by atoms with Gasteiger partial charge in [-0.3, -0.25) is 10.1 Å². The number of nitrogens with zero attached hydrogens (tertiary/aromatic N) is 5. The van der Waals surface area contributed by atoms with Crippen LogP contribution in [0.15, 0.2) is 30.3 Å². The molecule has 1 aromatic heterocycles. The fraction of sp³-hybridized carbons (Fsp3) is 0.286. The van der Waals surface area contributed by atoms with Crippen LogP contribution in [0.25, 0.3) is 6.08 Å². The molecule has 0 radical (unpaired) electrons. The van der Waals surface area contributed by atoms with E-state index in [2.05, 4.69) is 15.5 Å². The summed E-state index contributed by atoms with van der Waals surface area (Å²) in [5, 5.41) is 21.7. The van der Waals surface area contributed by atoms with Gasteiger partial charge in [0.2, 0.25) is 0 Å². The summed E-state index contributed by atoms with van der Waals surface area (Å²) in [5.41, 5.74) is 0.649. The number of non-ortho nitro benzene ring substituents is 1. The highest BCUT2D eigenvalue weighted by molar-refractivity contribution is 5.87. The van der Waals surface area contributed by atoms with E-state index in [9.17, 15) is 14.9 Å². The van der Waals surface area contributed by atoms with E-state index in [0.29, 0.717) is 17.9 Å². The fourth-order valence-electron chi connectivity index (χ4n) is 1.77. The molecule has 0 bridgehead atoms. The third kappa shape index (κ3) is 4.70. The van der Waals surface area contributed by atoms with E-state index in [4.69, 9.17) is 4.74 Å². The van der Waals surface area contributed by atoms with Crippen molar-refractivity contribution in [3.05, 3.63) is 51.8 Å². The van der Waals surface area contributed by atoms with E-state index in [1.54, 1.807) is 16.8 Å². The van der Waals surface area contributed by atoms with Gasteiger partial charge in [0.15, 0.2) is 12.4 Å². The molecule has 1 heterocycles. The van der Waals surface area contributed by atoms with E-state index >= 15 is 0 Å². The largest absolute Gasteiger partial charge is 0.454 e. The first kappa shape index (κ1) is 16.3. The quantitative estimate of drug-likeness (QED) is 0.331. The summed E-state index contributed by atoms with van der Waals surface area (Å²) < 4.78 is 6.64. The zero-order valence-electron chi connectivity index (χ0n) is 12.5. The number of benzene rings is 1. The van der Waals surface area contributed by atoms with Gasteiger partial charge >= 0.3 is 5.97 Å². The van der Waals surface area contributed by atoms with Crippen molar-refractivity contribution < 1.29 is 14.5 Å². The number of carbonyl (C=O) groups is 1. The van der Waals surface area contributed by atoms with Crippen LogP contribution < -0.4 is 0 Å². The Bertz CT molecular complexity index is 708. The average Bonchev–Trinajstić information content (AvgIpc) is 2.99. The number of rotatable bonds is 7. The lowest BCUT2D eigenvalue weighted by Gasteiger charge is -2.02. The highest BCUT2D eigenvalue weighted by atomic mass is 16.6. The lowest BCUT2D eigenvalue weighted by atomic mass is 10.2. The summed E-state index contributed by atoms with van der Waals surface area (Å²) in [7, 11) is 0. The number of nitro groups is 1. The Morgan fingerprint density at radius 1 is 1.39 bits per heavy atom. The standard InChI is InChI=1S/C14H15N5O4/c1-2-9-18-13(15-16-17-18)10-23-14(20)8-5-11-3-6-12(7-4-11)19(21)22/h3-8H,2,9-10H2,1H3/b8-5+. The Balaban J connectivity index is 1.88. The van der Waals surface area contributed by atoms with Crippen molar-refractivity contribution in [2.45, 2.75) is 26.5 Å². The van der Waals surface area contributed by atoms with E-state index < -0.39 is 10.9 Å². The highest BCUT2D eigenvalue weighted by Crippen LogP contribution is 2.12. The fourth-order valence-corrected chi connectivity index (χ4v) is 1.77. The number of ether oxygens (including phenoxy) is 1. The molecule has 2 aromatic rings. The molecule has 2 rings (SSSR count). The molecule has 0 aliphatic heterocycles. The topological polar surface area (TPSA) is 113 Å². The normalized spacial score (nSPS) is 10.8. The number of tetrazole rings is 1. The molecule has 0 saturated heterocycles. The van der Waals surface area contributed by atoms with E-state index in [1.165, 1.54) is 24.3 Å². The van der Waals surface area contributed by atoms with Gasteiger partial charge in [0, 0.05) is 24.8 Å². The minimum absolute atomic E-state index is 0.00696. The first-order valence-corrected chi connectivity index (χ1v) is 6.94. The number of aryl methyl sites for hydroxylation is 1. The Kier molecular flexibility index (Phi) is 5.50. The van der Waals surface area contributed by atoms with Crippen LogP contribution in [0.1, 0.15) is 24.7 Å². The van der Waals surface area contributed by atoms with Crippen LogP contribution in [0.5, 0.6) is 0 Å². The summed E-state index contributed by atoms with van der Waals surface area (Å²) in [6.07, 6.45) is 3.63. The van der Waals surface area contributed by atoms with Crippen molar-refractivity contribution in [2.75, 3.05) is 0 Å². The van der Waals surface area contributed by atoms with Gasteiger partial charge in [-0.15, -0.1) is 5.10 Å². The second kappa shape index (κ2) is 7.78.